The number of nitrogens with two attached hydrogens (primary N) is 1. The summed E-state index contributed by atoms with van der Waals surface area (Å²) in [5.74, 6) is 0.544. The Hall–Kier alpha value is -0.390. The van der Waals surface area contributed by atoms with Gasteiger partial charge in [0.05, 0.1) is 0 Å². The van der Waals surface area contributed by atoms with Crippen molar-refractivity contribution >= 4 is 37.8 Å². The molecular weight excluding hydrogens is 360 g/mol. The van der Waals surface area contributed by atoms with Crippen LogP contribution in [0.5, 0.6) is 0 Å². The van der Waals surface area contributed by atoms with E-state index in [-0.39, 0.29) is 11.9 Å². The molecule has 2 atom stereocenters. The molecule has 2 rings (SSSR count). The van der Waals surface area contributed by atoms with Gasteiger partial charge in [0.2, 0.25) is 0 Å². The summed E-state index contributed by atoms with van der Waals surface area (Å²) in [6.45, 7) is 3.57. The highest BCUT2D eigenvalue weighted by atomic mass is 79.9. The number of halogens is 2. The SMILES string of the molecule is CC1CCN(C(=O)c2cc(Br)cc(Br)c2)CC1N. The Kier molecular flexibility index (Phi) is 4.45. The minimum absolute atomic E-state index is 0.0550. The number of piperidine rings is 1. The molecule has 1 aliphatic rings. The Morgan fingerprint density at radius 2 is 1.94 bits per heavy atom. The first-order valence-electron chi connectivity index (χ1n) is 5.98. The van der Waals surface area contributed by atoms with Crippen LogP contribution in [-0.4, -0.2) is 29.9 Å². The molecule has 2 unspecified atom stereocenters. The highest BCUT2D eigenvalue weighted by Crippen LogP contribution is 2.23. The molecule has 3 nitrogen and oxygen atoms in total. The minimum atomic E-state index is 0.0550. The first-order valence-corrected chi connectivity index (χ1v) is 7.57. The summed E-state index contributed by atoms with van der Waals surface area (Å²) < 4.78 is 1.80. The van der Waals surface area contributed by atoms with Crippen LogP contribution in [0.2, 0.25) is 0 Å². The first-order chi connectivity index (χ1) is 8.47. The lowest BCUT2D eigenvalue weighted by molar-refractivity contribution is 0.0672. The standard InChI is InChI=1S/C13H16Br2N2O/c1-8-2-3-17(7-12(8)16)13(18)9-4-10(14)6-11(15)5-9/h4-6,8,12H,2-3,7,16H2,1H3. The number of nitrogens with zero attached hydrogens (tertiary/aromatic N) is 1. The van der Waals surface area contributed by atoms with Gasteiger partial charge in [0.25, 0.3) is 5.91 Å². The van der Waals surface area contributed by atoms with Gasteiger partial charge in [-0.3, -0.25) is 4.79 Å². The average Bonchev–Trinajstić information content (AvgIpc) is 2.30. The number of hydrogen-bond acceptors (Lipinski definition) is 2. The van der Waals surface area contributed by atoms with Crippen LogP contribution in [0.4, 0.5) is 0 Å². The molecule has 0 radical (unpaired) electrons. The van der Waals surface area contributed by atoms with Crippen molar-refractivity contribution in [1.82, 2.24) is 4.90 Å². The highest BCUT2D eigenvalue weighted by molar-refractivity contribution is 9.11. The molecule has 98 valence electrons. The molecule has 0 spiro atoms. The fraction of sp³-hybridized carbons (Fsp3) is 0.462. The van der Waals surface area contributed by atoms with Crippen molar-refractivity contribution in [3.63, 3.8) is 0 Å². The number of carbonyl (C=O) groups is 1. The van der Waals surface area contributed by atoms with E-state index in [1.807, 2.05) is 23.1 Å². The molecule has 18 heavy (non-hydrogen) atoms. The summed E-state index contributed by atoms with van der Waals surface area (Å²) in [4.78, 5) is 14.2. The molecule has 1 fully saturated rings. The van der Waals surface area contributed by atoms with Crippen LogP contribution in [0, 0.1) is 5.92 Å². The van der Waals surface area contributed by atoms with Crippen LogP contribution in [0.25, 0.3) is 0 Å². The Balaban J connectivity index is 2.16. The summed E-state index contributed by atoms with van der Waals surface area (Å²) in [5.41, 5.74) is 6.72. The molecule has 5 heteroatoms. The maximum absolute atomic E-state index is 12.4. The van der Waals surface area contributed by atoms with Gasteiger partial charge in [0.1, 0.15) is 0 Å². The van der Waals surface area contributed by atoms with Gasteiger partial charge in [-0.1, -0.05) is 38.8 Å². The maximum atomic E-state index is 12.4. The zero-order chi connectivity index (χ0) is 13.3. The van der Waals surface area contributed by atoms with Gasteiger partial charge in [0, 0.05) is 33.6 Å². The lowest BCUT2D eigenvalue weighted by Crippen LogP contribution is -2.49. The van der Waals surface area contributed by atoms with E-state index in [1.54, 1.807) is 0 Å². The van der Waals surface area contributed by atoms with Gasteiger partial charge in [0.15, 0.2) is 0 Å². The van der Waals surface area contributed by atoms with Gasteiger partial charge in [-0.25, -0.2) is 0 Å². The lowest BCUT2D eigenvalue weighted by Gasteiger charge is -2.35. The van der Waals surface area contributed by atoms with E-state index < -0.39 is 0 Å². The molecule has 1 amide bonds. The predicted molar refractivity (Wildman–Crippen MR) is 79.5 cm³/mol. The second-order valence-corrected chi connectivity index (χ2v) is 6.67. The Morgan fingerprint density at radius 1 is 1.33 bits per heavy atom. The van der Waals surface area contributed by atoms with Crippen molar-refractivity contribution in [2.24, 2.45) is 11.7 Å². The Morgan fingerprint density at radius 3 is 2.50 bits per heavy atom. The second-order valence-electron chi connectivity index (χ2n) is 4.84. The highest BCUT2D eigenvalue weighted by Gasteiger charge is 2.27. The molecule has 1 heterocycles. The molecule has 0 aromatic heterocycles. The van der Waals surface area contributed by atoms with Crippen LogP contribution < -0.4 is 5.73 Å². The predicted octanol–water partition coefficient (Wildman–Crippen LogP) is 3.02. The molecule has 1 aromatic rings. The lowest BCUT2D eigenvalue weighted by atomic mass is 9.94. The summed E-state index contributed by atoms with van der Waals surface area (Å²) >= 11 is 6.80. The zero-order valence-corrected chi connectivity index (χ0v) is 13.4. The summed E-state index contributed by atoms with van der Waals surface area (Å²) in [7, 11) is 0. The quantitative estimate of drug-likeness (QED) is 0.819. The molecule has 1 saturated heterocycles. The third kappa shape index (κ3) is 3.13. The number of rotatable bonds is 1. The normalized spacial score (nSPS) is 24.1. The van der Waals surface area contributed by atoms with Crippen molar-refractivity contribution in [3.05, 3.63) is 32.7 Å². The van der Waals surface area contributed by atoms with Crippen molar-refractivity contribution in [2.45, 2.75) is 19.4 Å². The van der Waals surface area contributed by atoms with E-state index in [0.717, 1.165) is 21.9 Å². The smallest absolute Gasteiger partial charge is 0.253 e. The third-order valence-corrected chi connectivity index (χ3v) is 4.33. The van der Waals surface area contributed by atoms with Crippen molar-refractivity contribution in [2.75, 3.05) is 13.1 Å². The van der Waals surface area contributed by atoms with Crippen LogP contribution in [-0.2, 0) is 0 Å². The van der Waals surface area contributed by atoms with Gasteiger partial charge in [-0.2, -0.15) is 0 Å². The molecule has 0 bridgehead atoms. The molecule has 0 saturated carbocycles. The van der Waals surface area contributed by atoms with Gasteiger partial charge < -0.3 is 10.6 Å². The molecule has 2 N–H and O–H groups in total. The number of amides is 1. The van der Waals surface area contributed by atoms with Crippen LogP contribution in [0.3, 0.4) is 0 Å². The fourth-order valence-corrected chi connectivity index (χ4v) is 3.44. The molecule has 1 aliphatic heterocycles. The van der Waals surface area contributed by atoms with Crippen molar-refractivity contribution in [3.8, 4) is 0 Å². The van der Waals surface area contributed by atoms with E-state index in [0.29, 0.717) is 18.0 Å². The van der Waals surface area contributed by atoms with E-state index in [2.05, 4.69) is 38.8 Å². The fourth-order valence-electron chi connectivity index (χ4n) is 2.14. The van der Waals surface area contributed by atoms with Crippen molar-refractivity contribution < 1.29 is 4.79 Å². The number of likely N-dealkylation sites (tertiary alicyclic amines) is 1. The van der Waals surface area contributed by atoms with Crippen LogP contribution in [0.15, 0.2) is 27.1 Å². The zero-order valence-electron chi connectivity index (χ0n) is 10.2. The largest absolute Gasteiger partial charge is 0.337 e. The minimum Gasteiger partial charge on any atom is -0.337 e. The number of carbonyl (C=O) groups excluding carboxylic acids is 1. The van der Waals surface area contributed by atoms with Crippen LogP contribution in [0.1, 0.15) is 23.7 Å². The van der Waals surface area contributed by atoms with Gasteiger partial charge >= 0.3 is 0 Å². The molecular formula is C13H16Br2N2O. The van der Waals surface area contributed by atoms with E-state index in [4.69, 9.17) is 5.73 Å². The van der Waals surface area contributed by atoms with E-state index in [9.17, 15) is 4.79 Å². The topological polar surface area (TPSA) is 46.3 Å². The summed E-state index contributed by atoms with van der Waals surface area (Å²) in [6.07, 6.45) is 0.974. The third-order valence-electron chi connectivity index (χ3n) is 3.41. The Labute approximate surface area is 124 Å². The Bertz CT molecular complexity index is 444. The van der Waals surface area contributed by atoms with Crippen molar-refractivity contribution in [1.29, 1.82) is 0 Å². The summed E-state index contributed by atoms with van der Waals surface area (Å²) in [6, 6.07) is 5.69. The number of hydrogen-bond donors (Lipinski definition) is 1. The summed E-state index contributed by atoms with van der Waals surface area (Å²) in [5, 5.41) is 0. The van der Waals surface area contributed by atoms with E-state index >= 15 is 0 Å². The van der Waals surface area contributed by atoms with E-state index in [1.165, 1.54) is 0 Å². The van der Waals surface area contributed by atoms with Crippen LogP contribution >= 0.6 is 31.9 Å². The van der Waals surface area contributed by atoms with Gasteiger partial charge in [-0.05, 0) is 30.5 Å². The average molecular weight is 376 g/mol. The second kappa shape index (κ2) is 5.72. The first kappa shape index (κ1) is 14.0. The maximum Gasteiger partial charge on any atom is 0.253 e. The monoisotopic (exact) mass is 374 g/mol. The molecule has 1 aromatic carbocycles. The van der Waals surface area contributed by atoms with Gasteiger partial charge in [-0.15, -0.1) is 0 Å². The molecule has 0 aliphatic carbocycles. The number of benzene rings is 1.